The number of non-ortho nitro benzene ring substituents is 1. The van der Waals surface area contributed by atoms with Gasteiger partial charge in [-0.1, -0.05) is 0 Å². The maximum atomic E-state index is 11.9. The summed E-state index contributed by atoms with van der Waals surface area (Å²) < 4.78 is 0. The van der Waals surface area contributed by atoms with Crippen LogP contribution in [0.2, 0.25) is 0 Å². The Bertz CT molecular complexity index is 580. The zero-order valence-electron chi connectivity index (χ0n) is 10.6. The van der Waals surface area contributed by atoms with Gasteiger partial charge in [0.15, 0.2) is 0 Å². The lowest BCUT2D eigenvalue weighted by Crippen LogP contribution is -2.43. The molecule has 1 aliphatic heterocycles. The van der Waals surface area contributed by atoms with Gasteiger partial charge in [0.1, 0.15) is 17.3 Å². The number of amides is 1. The second-order valence-corrected chi connectivity index (χ2v) is 5.70. The molecule has 21 heavy (non-hydrogen) atoms. The SMILES string of the molecule is O=C(O)[C@@H]1CSC(c2ccc([N+](=O)[O-])cc2)N1C(=O)CCl. The maximum Gasteiger partial charge on any atom is 0.327 e. The predicted octanol–water partition coefficient (Wildman–Crippen LogP) is 1.86. The summed E-state index contributed by atoms with van der Waals surface area (Å²) in [6.45, 7) is 0. The number of nitro groups is 1. The smallest absolute Gasteiger partial charge is 0.327 e. The van der Waals surface area contributed by atoms with E-state index in [1.54, 1.807) is 0 Å². The highest BCUT2D eigenvalue weighted by Crippen LogP contribution is 2.41. The summed E-state index contributed by atoms with van der Waals surface area (Å²) in [4.78, 5) is 34.4. The molecule has 1 heterocycles. The number of hydrogen-bond donors (Lipinski definition) is 1. The van der Waals surface area contributed by atoms with Crippen LogP contribution in [0.1, 0.15) is 10.9 Å². The third-order valence-electron chi connectivity index (χ3n) is 3.08. The van der Waals surface area contributed by atoms with E-state index in [1.807, 2.05) is 0 Å². The minimum atomic E-state index is -1.09. The number of carboxylic acid groups (broad SMARTS) is 1. The van der Waals surface area contributed by atoms with Gasteiger partial charge < -0.3 is 10.0 Å². The normalized spacial score (nSPS) is 21.3. The van der Waals surface area contributed by atoms with Crippen molar-refractivity contribution in [2.24, 2.45) is 0 Å². The summed E-state index contributed by atoms with van der Waals surface area (Å²) in [6.07, 6.45) is 0. The number of nitrogens with zero attached hydrogens (tertiary/aromatic N) is 2. The van der Waals surface area contributed by atoms with E-state index in [0.29, 0.717) is 5.56 Å². The van der Waals surface area contributed by atoms with Crippen LogP contribution in [0.4, 0.5) is 5.69 Å². The first kappa shape index (κ1) is 15.6. The monoisotopic (exact) mass is 330 g/mol. The molecule has 7 nitrogen and oxygen atoms in total. The Morgan fingerprint density at radius 2 is 2.05 bits per heavy atom. The molecule has 0 aromatic heterocycles. The Hall–Kier alpha value is -1.80. The molecule has 1 saturated heterocycles. The van der Waals surface area contributed by atoms with Gasteiger partial charge in [-0.05, 0) is 17.7 Å². The third-order valence-corrected chi connectivity index (χ3v) is 4.63. The van der Waals surface area contributed by atoms with Crippen LogP contribution >= 0.6 is 23.4 Å². The fourth-order valence-corrected chi connectivity index (χ4v) is 3.67. The zero-order chi connectivity index (χ0) is 15.6. The van der Waals surface area contributed by atoms with Crippen molar-refractivity contribution in [2.45, 2.75) is 11.4 Å². The van der Waals surface area contributed by atoms with Crippen molar-refractivity contribution in [3.63, 3.8) is 0 Å². The minimum Gasteiger partial charge on any atom is -0.480 e. The van der Waals surface area contributed by atoms with Gasteiger partial charge in [-0.25, -0.2) is 4.79 Å². The van der Waals surface area contributed by atoms with Crippen molar-refractivity contribution in [1.29, 1.82) is 0 Å². The van der Waals surface area contributed by atoms with Crippen LogP contribution in [0.25, 0.3) is 0 Å². The van der Waals surface area contributed by atoms with E-state index in [0.717, 1.165) is 0 Å². The van der Waals surface area contributed by atoms with Gasteiger partial charge >= 0.3 is 5.97 Å². The second-order valence-electron chi connectivity index (χ2n) is 4.32. The Morgan fingerprint density at radius 3 is 2.52 bits per heavy atom. The molecule has 1 aliphatic rings. The fraction of sp³-hybridized carbons (Fsp3) is 0.333. The van der Waals surface area contributed by atoms with Gasteiger partial charge in [-0.15, -0.1) is 23.4 Å². The molecule has 1 fully saturated rings. The summed E-state index contributed by atoms with van der Waals surface area (Å²) in [5, 5.41) is 19.3. The summed E-state index contributed by atoms with van der Waals surface area (Å²) in [5.41, 5.74) is 0.569. The van der Waals surface area contributed by atoms with E-state index >= 15 is 0 Å². The van der Waals surface area contributed by atoms with Crippen LogP contribution in [0.3, 0.4) is 0 Å². The fourth-order valence-electron chi connectivity index (χ4n) is 2.09. The highest BCUT2D eigenvalue weighted by Gasteiger charge is 2.41. The van der Waals surface area contributed by atoms with Gasteiger partial charge in [0.05, 0.1) is 4.92 Å². The standard InChI is InChI=1S/C12H11ClN2O5S/c13-5-10(16)14-9(12(17)18)6-21-11(14)7-1-3-8(4-2-7)15(19)20/h1-4,9,11H,5-6H2,(H,17,18)/t9-,11?/m0/s1. The van der Waals surface area contributed by atoms with E-state index < -0.39 is 28.2 Å². The first-order valence-corrected chi connectivity index (χ1v) is 7.50. The largest absolute Gasteiger partial charge is 0.480 e. The quantitative estimate of drug-likeness (QED) is 0.513. The molecule has 1 aromatic rings. The van der Waals surface area contributed by atoms with Gasteiger partial charge in [0.25, 0.3) is 5.69 Å². The number of carbonyl (C=O) groups excluding carboxylic acids is 1. The van der Waals surface area contributed by atoms with Gasteiger partial charge in [0, 0.05) is 17.9 Å². The summed E-state index contributed by atoms with van der Waals surface area (Å²) in [5.74, 6) is -1.63. The van der Waals surface area contributed by atoms with E-state index in [9.17, 15) is 24.8 Å². The van der Waals surface area contributed by atoms with Crippen LogP contribution in [-0.2, 0) is 9.59 Å². The Morgan fingerprint density at radius 1 is 1.43 bits per heavy atom. The number of nitro benzene ring substituents is 1. The van der Waals surface area contributed by atoms with Crippen molar-refractivity contribution in [3.05, 3.63) is 39.9 Å². The number of carboxylic acids is 1. The summed E-state index contributed by atoms with van der Waals surface area (Å²) in [7, 11) is 0. The lowest BCUT2D eigenvalue weighted by Gasteiger charge is -2.26. The lowest BCUT2D eigenvalue weighted by atomic mass is 10.1. The number of thioether (sulfide) groups is 1. The molecule has 0 radical (unpaired) electrons. The highest BCUT2D eigenvalue weighted by molar-refractivity contribution is 7.99. The number of alkyl halides is 1. The predicted molar refractivity (Wildman–Crippen MR) is 77.3 cm³/mol. The summed E-state index contributed by atoms with van der Waals surface area (Å²) in [6, 6.07) is 4.76. The number of benzene rings is 1. The van der Waals surface area contributed by atoms with E-state index in [1.165, 1.54) is 40.9 Å². The van der Waals surface area contributed by atoms with Crippen molar-refractivity contribution in [2.75, 3.05) is 11.6 Å². The van der Waals surface area contributed by atoms with Crippen LogP contribution in [0.15, 0.2) is 24.3 Å². The van der Waals surface area contributed by atoms with Crippen LogP contribution < -0.4 is 0 Å². The molecule has 0 spiro atoms. The summed E-state index contributed by atoms with van der Waals surface area (Å²) >= 11 is 6.83. The molecule has 9 heteroatoms. The van der Waals surface area contributed by atoms with E-state index in [2.05, 4.69) is 0 Å². The first-order valence-electron chi connectivity index (χ1n) is 5.91. The number of halogens is 1. The second kappa shape index (κ2) is 6.31. The minimum absolute atomic E-state index is 0.0632. The molecular formula is C12H11ClN2O5S. The molecule has 112 valence electrons. The van der Waals surface area contributed by atoms with Gasteiger partial charge in [0.2, 0.25) is 5.91 Å². The van der Waals surface area contributed by atoms with Crippen molar-refractivity contribution < 1.29 is 19.6 Å². The highest BCUT2D eigenvalue weighted by atomic mass is 35.5. The van der Waals surface area contributed by atoms with Crippen LogP contribution in [-0.4, -0.2) is 44.5 Å². The Kier molecular flexibility index (Phi) is 4.69. The molecule has 0 bridgehead atoms. The average Bonchev–Trinajstić information content (AvgIpc) is 2.91. The van der Waals surface area contributed by atoms with Crippen molar-refractivity contribution >= 4 is 40.9 Å². The molecule has 1 aromatic carbocycles. The Labute approximate surface area is 129 Å². The average molecular weight is 331 g/mol. The van der Waals surface area contributed by atoms with E-state index in [-0.39, 0.29) is 17.3 Å². The molecule has 2 atom stereocenters. The van der Waals surface area contributed by atoms with E-state index in [4.69, 9.17) is 11.6 Å². The lowest BCUT2D eigenvalue weighted by molar-refractivity contribution is -0.384. The first-order chi connectivity index (χ1) is 9.95. The van der Waals surface area contributed by atoms with Crippen LogP contribution in [0.5, 0.6) is 0 Å². The number of aliphatic carboxylic acids is 1. The molecule has 0 aliphatic carbocycles. The maximum absolute atomic E-state index is 11.9. The van der Waals surface area contributed by atoms with Gasteiger partial charge in [-0.3, -0.25) is 14.9 Å². The van der Waals surface area contributed by atoms with Crippen molar-refractivity contribution in [3.8, 4) is 0 Å². The number of carbonyl (C=O) groups is 2. The number of rotatable bonds is 4. The molecule has 1 amide bonds. The zero-order valence-corrected chi connectivity index (χ0v) is 12.2. The molecule has 2 rings (SSSR count). The molecule has 0 saturated carbocycles. The van der Waals surface area contributed by atoms with Gasteiger partial charge in [-0.2, -0.15) is 0 Å². The third kappa shape index (κ3) is 3.11. The molecule has 1 N–H and O–H groups in total. The molecular weight excluding hydrogens is 320 g/mol. The molecule has 1 unspecified atom stereocenters. The van der Waals surface area contributed by atoms with Crippen molar-refractivity contribution in [1.82, 2.24) is 4.90 Å². The number of hydrogen-bond acceptors (Lipinski definition) is 5. The topological polar surface area (TPSA) is 101 Å². The Balaban J connectivity index is 2.30. The van der Waals surface area contributed by atoms with Crippen LogP contribution in [0, 0.1) is 10.1 Å².